The van der Waals surface area contributed by atoms with Crippen molar-refractivity contribution in [3.8, 4) is 28.6 Å². The molecule has 0 spiro atoms. The van der Waals surface area contributed by atoms with Crippen molar-refractivity contribution in [2.75, 3.05) is 0 Å². The summed E-state index contributed by atoms with van der Waals surface area (Å²) in [7, 11) is 0. The van der Waals surface area contributed by atoms with Gasteiger partial charge in [-0.1, -0.05) is 11.3 Å². The molecule has 3 aromatic carbocycles. The zero-order chi connectivity index (χ0) is 21.4. The number of aryl methyl sites for hydroxylation is 1. The molecule has 0 unspecified atom stereocenters. The number of rotatable bonds is 4. The van der Waals surface area contributed by atoms with Crippen LogP contribution in [0, 0.1) is 18.6 Å². The molecular weight excluding hydrogens is 398 g/mol. The molecule has 0 saturated carbocycles. The van der Waals surface area contributed by atoms with Crippen LogP contribution in [0.2, 0.25) is 0 Å². The molecule has 0 aliphatic carbocycles. The van der Waals surface area contributed by atoms with E-state index in [0.717, 1.165) is 10.9 Å². The summed E-state index contributed by atoms with van der Waals surface area (Å²) >= 11 is 0. The molecule has 2 heterocycles. The van der Waals surface area contributed by atoms with Gasteiger partial charge in [-0.05, 0) is 73.2 Å². The lowest BCUT2D eigenvalue weighted by molar-refractivity contribution is 0.481. The molecule has 0 radical (unpaired) electrons. The number of hydrogen-bond donors (Lipinski definition) is 0. The third-order valence-electron chi connectivity index (χ3n) is 4.78. The fraction of sp³-hybridized carbons (Fsp3) is 0.0417. The number of ether oxygens (including phenoxy) is 1. The maximum atomic E-state index is 13.7. The van der Waals surface area contributed by atoms with E-state index in [2.05, 4.69) is 15.3 Å². The first-order valence-electron chi connectivity index (χ1n) is 9.59. The van der Waals surface area contributed by atoms with Crippen LogP contribution >= 0.6 is 0 Å². The molecule has 0 aliphatic rings. The number of benzene rings is 3. The molecule has 0 atom stereocenters. The highest BCUT2D eigenvalue weighted by Gasteiger charge is 2.11. The van der Waals surface area contributed by atoms with Crippen LogP contribution in [0.25, 0.3) is 28.0 Å². The molecule has 5 aromatic rings. The van der Waals surface area contributed by atoms with Gasteiger partial charge in [-0.15, -0.1) is 5.10 Å². The second-order valence-corrected chi connectivity index (χ2v) is 7.11. The summed E-state index contributed by atoms with van der Waals surface area (Å²) in [6.45, 7) is 1.81. The summed E-state index contributed by atoms with van der Waals surface area (Å²) in [5.41, 5.74) is 3.40. The predicted molar refractivity (Wildman–Crippen MR) is 113 cm³/mol. The second kappa shape index (κ2) is 7.60. The lowest BCUT2D eigenvalue weighted by Gasteiger charge is -2.10. The van der Waals surface area contributed by atoms with Gasteiger partial charge in [0.15, 0.2) is 0 Å². The molecule has 152 valence electrons. The lowest BCUT2D eigenvalue weighted by atomic mass is 10.1. The van der Waals surface area contributed by atoms with Gasteiger partial charge in [-0.3, -0.25) is 0 Å². The van der Waals surface area contributed by atoms with E-state index in [1.54, 1.807) is 29.1 Å². The Hall–Kier alpha value is -4.13. The van der Waals surface area contributed by atoms with E-state index >= 15 is 0 Å². The van der Waals surface area contributed by atoms with Gasteiger partial charge >= 0.3 is 0 Å². The van der Waals surface area contributed by atoms with E-state index in [-0.39, 0.29) is 11.6 Å². The first kappa shape index (κ1) is 18.9. The molecular formula is C24H16F2N4O. The largest absolute Gasteiger partial charge is 0.457 e. The molecule has 0 N–H and O–H groups in total. The second-order valence-electron chi connectivity index (χ2n) is 7.11. The summed E-state index contributed by atoms with van der Waals surface area (Å²) in [6, 6.07) is 19.8. The van der Waals surface area contributed by atoms with Crippen molar-refractivity contribution in [2.24, 2.45) is 0 Å². The minimum Gasteiger partial charge on any atom is -0.457 e. The van der Waals surface area contributed by atoms with Crippen LogP contribution in [0.5, 0.6) is 11.5 Å². The minimum atomic E-state index is -0.347. The Morgan fingerprint density at radius 3 is 2.48 bits per heavy atom. The normalized spacial score (nSPS) is 11.1. The van der Waals surface area contributed by atoms with Crippen molar-refractivity contribution < 1.29 is 13.5 Å². The smallest absolute Gasteiger partial charge is 0.136 e. The number of aromatic nitrogens is 4. The van der Waals surface area contributed by atoms with Crippen LogP contribution in [0.3, 0.4) is 0 Å². The topological polar surface area (TPSA) is 52.8 Å². The number of nitrogens with zero attached hydrogens (tertiary/aromatic N) is 4. The fourth-order valence-electron chi connectivity index (χ4n) is 3.35. The molecule has 0 bridgehead atoms. The van der Waals surface area contributed by atoms with E-state index in [1.807, 2.05) is 37.3 Å². The molecule has 0 aliphatic heterocycles. The van der Waals surface area contributed by atoms with Crippen molar-refractivity contribution in [2.45, 2.75) is 6.92 Å². The molecule has 5 rings (SSSR count). The Kier molecular flexibility index (Phi) is 4.63. The van der Waals surface area contributed by atoms with E-state index in [9.17, 15) is 8.78 Å². The van der Waals surface area contributed by atoms with Crippen molar-refractivity contribution in [1.29, 1.82) is 0 Å². The zero-order valence-electron chi connectivity index (χ0n) is 16.5. The Morgan fingerprint density at radius 2 is 1.68 bits per heavy atom. The van der Waals surface area contributed by atoms with Crippen molar-refractivity contribution >= 4 is 10.9 Å². The average molecular weight is 414 g/mol. The molecule has 5 nitrogen and oxygen atoms in total. The van der Waals surface area contributed by atoms with Crippen LogP contribution in [-0.2, 0) is 0 Å². The Balaban J connectivity index is 1.48. The predicted octanol–water partition coefficient (Wildman–Crippen LogP) is 5.86. The minimum absolute atomic E-state index is 0.313. The summed E-state index contributed by atoms with van der Waals surface area (Å²) in [5, 5.41) is 9.08. The Bertz CT molecular complexity index is 1380. The van der Waals surface area contributed by atoms with Gasteiger partial charge in [0, 0.05) is 11.5 Å². The Morgan fingerprint density at radius 1 is 0.839 bits per heavy atom. The van der Waals surface area contributed by atoms with Crippen LogP contribution < -0.4 is 4.74 Å². The average Bonchev–Trinajstić information content (AvgIpc) is 3.24. The van der Waals surface area contributed by atoms with Gasteiger partial charge < -0.3 is 4.74 Å². The zero-order valence-corrected chi connectivity index (χ0v) is 16.5. The van der Waals surface area contributed by atoms with Gasteiger partial charge in [0.05, 0.1) is 23.1 Å². The first-order valence-corrected chi connectivity index (χ1v) is 9.59. The van der Waals surface area contributed by atoms with Crippen LogP contribution in [-0.4, -0.2) is 20.0 Å². The van der Waals surface area contributed by atoms with Gasteiger partial charge in [-0.2, -0.15) is 0 Å². The number of halogens is 2. The molecule has 31 heavy (non-hydrogen) atoms. The Labute approximate surface area is 176 Å². The van der Waals surface area contributed by atoms with Crippen molar-refractivity contribution in [3.63, 3.8) is 0 Å². The SMILES string of the molecule is Cc1cc(F)cc(Oc2cccc3nc(-c4cn(-c5ccc(F)cc5)nn4)ccc23)c1. The number of pyridine rings is 1. The summed E-state index contributed by atoms with van der Waals surface area (Å²) in [5.74, 6) is 0.347. The van der Waals surface area contributed by atoms with Crippen LogP contribution in [0.4, 0.5) is 8.78 Å². The first-order chi connectivity index (χ1) is 15.0. The molecule has 0 saturated heterocycles. The van der Waals surface area contributed by atoms with E-state index in [1.165, 1.54) is 24.3 Å². The van der Waals surface area contributed by atoms with Gasteiger partial charge in [0.25, 0.3) is 0 Å². The summed E-state index contributed by atoms with van der Waals surface area (Å²) in [6.07, 6.45) is 1.73. The van der Waals surface area contributed by atoms with Gasteiger partial charge in [-0.25, -0.2) is 18.4 Å². The summed E-state index contributed by atoms with van der Waals surface area (Å²) < 4.78 is 34.3. The third-order valence-corrected chi connectivity index (χ3v) is 4.78. The standard InChI is InChI=1S/C24H16F2N4O/c1-15-11-17(26)13-19(12-15)31-24-4-2-3-21-20(24)9-10-22(27-21)23-14-30(29-28-23)18-7-5-16(25)6-8-18/h2-14H,1H3. The fourth-order valence-corrected chi connectivity index (χ4v) is 3.35. The van der Waals surface area contributed by atoms with Crippen molar-refractivity contribution in [3.05, 3.63) is 96.2 Å². The number of fused-ring (bicyclic) bond motifs is 1. The lowest BCUT2D eigenvalue weighted by Crippen LogP contribution is -1.94. The molecule has 7 heteroatoms. The maximum Gasteiger partial charge on any atom is 0.136 e. The monoisotopic (exact) mass is 414 g/mol. The van der Waals surface area contributed by atoms with E-state index in [0.29, 0.717) is 34.1 Å². The highest BCUT2D eigenvalue weighted by atomic mass is 19.1. The van der Waals surface area contributed by atoms with Crippen LogP contribution in [0.1, 0.15) is 5.56 Å². The molecule has 0 amide bonds. The van der Waals surface area contributed by atoms with Gasteiger partial charge in [0.2, 0.25) is 0 Å². The number of hydrogen-bond acceptors (Lipinski definition) is 4. The maximum absolute atomic E-state index is 13.7. The van der Waals surface area contributed by atoms with Crippen molar-refractivity contribution in [1.82, 2.24) is 20.0 Å². The molecule has 0 fully saturated rings. The summed E-state index contributed by atoms with van der Waals surface area (Å²) in [4.78, 5) is 4.67. The van der Waals surface area contributed by atoms with Crippen LogP contribution in [0.15, 0.2) is 79.0 Å². The van der Waals surface area contributed by atoms with E-state index in [4.69, 9.17) is 4.74 Å². The van der Waals surface area contributed by atoms with Gasteiger partial charge in [0.1, 0.15) is 28.8 Å². The highest BCUT2D eigenvalue weighted by Crippen LogP contribution is 2.31. The van der Waals surface area contributed by atoms with E-state index < -0.39 is 0 Å². The molecule has 2 aromatic heterocycles. The quantitative estimate of drug-likeness (QED) is 0.370. The highest BCUT2D eigenvalue weighted by molar-refractivity contribution is 5.87. The third kappa shape index (κ3) is 3.85.